The number of rotatable bonds is 7. The number of carbonyl (C=O) groups is 1. The van der Waals surface area contributed by atoms with Gasteiger partial charge in [0.05, 0.1) is 25.5 Å². The monoisotopic (exact) mass is 431 g/mol. The van der Waals surface area contributed by atoms with E-state index >= 15 is 0 Å². The average molecular weight is 431 g/mol. The highest BCUT2D eigenvalue weighted by Gasteiger charge is 2.35. The van der Waals surface area contributed by atoms with Crippen LogP contribution < -0.4 is 5.73 Å². The number of hydrogen-bond acceptors (Lipinski definition) is 9. The molecular formula is C19H21N5O5S. The summed E-state index contributed by atoms with van der Waals surface area (Å²) >= 11 is 1.44. The van der Waals surface area contributed by atoms with E-state index in [0.717, 1.165) is 11.1 Å². The lowest BCUT2D eigenvalue weighted by molar-refractivity contribution is -0.136. The van der Waals surface area contributed by atoms with Gasteiger partial charge in [-0.15, -0.1) is 0 Å². The van der Waals surface area contributed by atoms with E-state index in [1.54, 1.807) is 23.0 Å². The minimum Gasteiger partial charge on any atom is -0.481 e. The first-order valence-electron chi connectivity index (χ1n) is 9.31. The number of aliphatic hydroxyl groups excluding tert-OH is 2. The Hall–Kier alpha value is -2.73. The Morgan fingerprint density at radius 2 is 2.00 bits per heavy atom. The van der Waals surface area contributed by atoms with Crippen LogP contribution in [0.4, 0.5) is 5.95 Å². The first-order chi connectivity index (χ1) is 14.4. The number of ether oxygens (including phenoxy) is 1. The zero-order chi connectivity index (χ0) is 21.3. The minimum atomic E-state index is -0.865. The predicted octanol–water partition coefficient (Wildman–Crippen LogP) is 0.969. The average Bonchev–Trinajstić information content (AvgIpc) is 3.29. The Balaban J connectivity index is 1.54. The van der Waals surface area contributed by atoms with Gasteiger partial charge in [0.2, 0.25) is 5.95 Å². The van der Waals surface area contributed by atoms with Gasteiger partial charge in [-0.05, 0) is 11.1 Å². The van der Waals surface area contributed by atoms with E-state index in [4.69, 9.17) is 15.6 Å². The molecule has 1 fully saturated rings. The summed E-state index contributed by atoms with van der Waals surface area (Å²) in [6, 6.07) is 7.36. The van der Waals surface area contributed by atoms with Crippen molar-refractivity contribution in [3.8, 4) is 0 Å². The van der Waals surface area contributed by atoms with E-state index in [9.17, 15) is 15.0 Å². The molecule has 1 aromatic carbocycles. The number of nitrogen functional groups attached to an aromatic ring is 1. The summed E-state index contributed by atoms with van der Waals surface area (Å²) in [5.74, 6) is -0.173. The topological polar surface area (TPSA) is 157 Å². The van der Waals surface area contributed by atoms with Crippen LogP contribution in [-0.2, 0) is 21.7 Å². The van der Waals surface area contributed by atoms with Crippen molar-refractivity contribution in [1.29, 1.82) is 0 Å². The molecule has 0 unspecified atom stereocenters. The zero-order valence-corrected chi connectivity index (χ0v) is 16.7. The Kier molecular flexibility index (Phi) is 5.86. The molecule has 0 saturated carbocycles. The van der Waals surface area contributed by atoms with Crippen LogP contribution in [-0.4, -0.2) is 59.6 Å². The summed E-state index contributed by atoms with van der Waals surface area (Å²) in [4.78, 5) is 23.8. The van der Waals surface area contributed by atoms with Crippen LogP contribution in [0.1, 0.15) is 23.8 Å². The van der Waals surface area contributed by atoms with E-state index in [1.807, 2.05) is 12.1 Å². The van der Waals surface area contributed by atoms with Crippen LogP contribution in [0.2, 0.25) is 0 Å². The maximum Gasteiger partial charge on any atom is 0.307 e. The molecule has 3 atom stereocenters. The van der Waals surface area contributed by atoms with Gasteiger partial charge in [-0.2, -0.15) is 4.98 Å². The van der Waals surface area contributed by atoms with Crippen LogP contribution >= 0.6 is 11.8 Å². The molecule has 1 saturated heterocycles. The fraction of sp³-hybridized carbons (Fsp3) is 0.368. The number of imidazole rings is 1. The number of anilines is 1. The van der Waals surface area contributed by atoms with Crippen molar-refractivity contribution in [3.63, 3.8) is 0 Å². The van der Waals surface area contributed by atoms with E-state index in [-0.39, 0.29) is 19.0 Å². The van der Waals surface area contributed by atoms with E-state index in [1.165, 1.54) is 11.8 Å². The fourth-order valence-electron chi connectivity index (χ4n) is 3.35. The van der Waals surface area contributed by atoms with Crippen LogP contribution in [0.25, 0.3) is 11.2 Å². The molecule has 158 valence electrons. The second-order valence-corrected chi connectivity index (χ2v) is 7.97. The van der Waals surface area contributed by atoms with Gasteiger partial charge in [-0.25, -0.2) is 9.97 Å². The number of thioether (sulfide) groups is 1. The number of aliphatic carboxylic acids is 1. The van der Waals surface area contributed by atoms with E-state index in [0.29, 0.717) is 28.4 Å². The molecule has 0 radical (unpaired) electrons. The number of carboxylic acid groups (broad SMARTS) is 1. The smallest absolute Gasteiger partial charge is 0.307 e. The largest absolute Gasteiger partial charge is 0.481 e. The van der Waals surface area contributed by atoms with E-state index in [2.05, 4.69) is 15.0 Å². The molecule has 3 heterocycles. The first kappa shape index (κ1) is 20.5. The number of aliphatic hydroxyl groups is 2. The lowest BCUT2D eigenvalue weighted by Crippen LogP contribution is -2.24. The van der Waals surface area contributed by atoms with Crippen molar-refractivity contribution < 1.29 is 24.9 Å². The number of benzene rings is 1. The standard InChI is InChI=1S/C19H21N5O5S/c20-19-22-17-16(21-9-24(17)14-6-12(26)13(7-25)29-14)18(23-19)30-8-11-3-1-10(2-4-11)5-15(27)28/h1-4,9,12-14,25-26H,5-8H2,(H,27,28)(H2,20,22,23)/t12-,13+,14+/m0/s1. The number of nitrogens with zero attached hydrogens (tertiary/aromatic N) is 4. The highest BCUT2D eigenvalue weighted by atomic mass is 32.2. The molecular weight excluding hydrogens is 410 g/mol. The number of aromatic nitrogens is 4. The maximum atomic E-state index is 10.8. The molecule has 30 heavy (non-hydrogen) atoms. The summed E-state index contributed by atoms with van der Waals surface area (Å²) in [7, 11) is 0. The molecule has 0 aliphatic carbocycles. The molecule has 0 bridgehead atoms. The van der Waals surface area contributed by atoms with Crippen molar-refractivity contribution in [1.82, 2.24) is 19.5 Å². The van der Waals surface area contributed by atoms with Gasteiger partial charge < -0.3 is 25.8 Å². The van der Waals surface area contributed by atoms with E-state index < -0.39 is 24.4 Å². The Bertz CT molecular complexity index is 1060. The van der Waals surface area contributed by atoms with Gasteiger partial charge in [-0.3, -0.25) is 9.36 Å². The molecule has 4 rings (SSSR count). The molecule has 1 aliphatic heterocycles. The van der Waals surface area contributed by atoms with Crippen molar-refractivity contribution in [3.05, 3.63) is 41.7 Å². The van der Waals surface area contributed by atoms with Gasteiger partial charge in [0.15, 0.2) is 5.65 Å². The predicted molar refractivity (Wildman–Crippen MR) is 109 cm³/mol. The summed E-state index contributed by atoms with van der Waals surface area (Å²) in [6.45, 7) is -0.270. The van der Waals surface area contributed by atoms with Crippen molar-refractivity contribution in [2.45, 2.75) is 42.1 Å². The van der Waals surface area contributed by atoms with Gasteiger partial charge in [-0.1, -0.05) is 36.0 Å². The molecule has 11 heteroatoms. The second-order valence-electron chi connectivity index (χ2n) is 7.00. The minimum absolute atomic E-state index is 0.0109. The van der Waals surface area contributed by atoms with Crippen molar-refractivity contribution in [2.75, 3.05) is 12.3 Å². The van der Waals surface area contributed by atoms with Gasteiger partial charge in [0, 0.05) is 12.2 Å². The second kappa shape index (κ2) is 8.56. The van der Waals surface area contributed by atoms with Gasteiger partial charge >= 0.3 is 5.97 Å². The Morgan fingerprint density at radius 1 is 1.27 bits per heavy atom. The first-order valence-corrected chi connectivity index (χ1v) is 10.3. The van der Waals surface area contributed by atoms with Gasteiger partial charge in [0.25, 0.3) is 0 Å². The molecule has 0 amide bonds. The summed E-state index contributed by atoms with van der Waals surface area (Å²) < 4.78 is 7.39. The third kappa shape index (κ3) is 4.24. The lowest BCUT2D eigenvalue weighted by Gasteiger charge is -2.14. The molecule has 1 aliphatic rings. The summed E-state index contributed by atoms with van der Waals surface area (Å²) in [5, 5.41) is 28.8. The molecule has 2 aromatic heterocycles. The third-order valence-electron chi connectivity index (χ3n) is 4.85. The number of hydrogen-bond donors (Lipinski definition) is 4. The quantitative estimate of drug-likeness (QED) is 0.314. The number of fused-ring (bicyclic) bond motifs is 1. The Labute approximate surface area is 175 Å². The molecule has 10 nitrogen and oxygen atoms in total. The van der Waals surface area contributed by atoms with Gasteiger partial charge in [0.1, 0.15) is 22.9 Å². The molecule has 0 spiro atoms. The van der Waals surface area contributed by atoms with Crippen LogP contribution in [0.15, 0.2) is 35.6 Å². The maximum absolute atomic E-state index is 10.8. The van der Waals surface area contributed by atoms with Crippen molar-refractivity contribution >= 4 is 34.8 Å². The third-order valence-corrected chi connectivity index (χ3v) is 5.89. The molecule has 3 aromatic rings. The highest BCUT2D eigenvalue weighted by Crippen LogP contribution is 2.33. The van der Waals surface area contributed by atoms with Crippen molar-refractivity contribution in [2.24, 2.45) is 0 Å². The number of carboxylic acids is 1. The van der Waals surface area contributed by atoms with Crippen LogP contribution in [0.5, 0.6) is 0 Å². The summed E-state index contributed by atoms with van der Waals surface area (Å²) in [5.41, 5.74) is 8.72. The normalized spacial score (nSPS) is 21.3. The SMILES string of the molecule is Nc1nc(SCc2ccc(CC(=O)O)cc2)c2ncn([C@H]3C[C@H](O)[C@@H](CO)O3)c2n1. The Morgan fingerprint density at radius 3 is 2.67 bits per heavy atom. The van der Waals surface area contributed by atoms with Crippen LogP contribution in [0.3, 0.4) is 0 Å². The fourth-order valence-corrected chi connectivity index (χ4v) is 4.28. The highest BCUT2D eigenvalue weighted by molar-refractivity contribution is 7.98. The van der Waals surface area contributed by atoms with Crippen LogP contribution in [0, 0.1) is 0 Å². The number of nitrogens with two attached hydrogens (primary N) is 1. The molecule has 5 N–H and O–H groups in total. The zero-order valence-electron chi connectivity index (χ0n) is 15.9. The lowest BCUT2D eigenvalue weighted by atomic mass is 10.1. The summed E-state index contributed by atoms with van der Waals surface area (Å²) in [6.07, 6.45) is -0.0506.